The first-order chi connectivity index (χ1) is 9.16. The second-order valence-electron chi connectivity index (χ2n) is 4.05. The molecule has 0 radical (unpaired) electrons. The highest BCUT2D eigenvalue weighted by Gasteiger charge is 2.11. The highest BCUT2D eigenvalue weighted by molar-refractivity contribution is 5.89. The Morgan fingerprint density at radius 2 is 1.95 bits per heavy atom. The summed E-state index contributed by atoms with van der Waals surface area (Å²) >= 11 is 0. The summed E-state index contributed by atoms with van der Waals surface area (Å²) in [5.74, 6) is -0.469. The standard InChI is InChI=1S/C14H14FN3O/c1-10(12-7-4-5-9-16-12)17-14(19)18-13-8-3-2-6-11(13)15/h2-10H,1H3,(H2,17,18,19)/t10-/m1/s1. The molecule has 4 nitrogen and oxygen atoms in total. The van der Waals surface area contributed by atoms with Gasteiger partial charge in [0.1, 0.15) is 5.82 Å². The number of carbonyl (C=O) groups is 1. The monoisotopic (exact) mass is 259 g/mol. The normalized spacial score (nSPS) is 11.7. The molecule has 98 valence electrons. The Kier molecular flexibility index (Phi) is 4.07. The van der Waals surface area contributed by atoms with Crippen LogP contribution in [-0.2, 0) is 0 Å². The van der Waals surface area contributed by atoms with Gasteiger partial charge in [0.25, 0.3) is 0 Å². The van der Waals surface area contributed by atoms with Crippen molar-refractivity contribution in [3.05, 3.63) is 60.2 Å². The maximum absolute atomic E-state index is 13.4. The van der Waals surface area contributed by atoms with Gasteiger partial charge in [0.15, 0.2) is 0 Å². The van der Waals surface area contributed by atoms with Gasteiger partial charge < -0.3 is 10.6 Å². The quantitative estimate of drug-likeness (QED) is 0.889. The minimum Gasteiger partial charge on any atom is -0.330 e. The lowest BCUT2D eigenvalue weighted by atomic mass is 10.2. The van der Waals surface area contributed by atoms with Gasteiger partial charge >= 0.3 is 6.03 Å². The molecule has 1 aromatic carbocycles. The molecule has 0 aliphatic heterocycles. The number of benzene rings is 1. The summed E-state index contributed by atoms with van der Waals surface area (Å²) in [5.41, 5.74) is 0.888. The van der Waals surface area contributed by atoms with Crippen molar-refractivity contribution in [1.82, 2.24) is 10.3 Å². The van der Waals surface area contributed by atoms with Crippen molar-refractivity contribution in [2.24, 2.45) is 0 Å². The lowest BCUT2D eigenvalue weighted by Gasteiger charge is -2.14. The molecule has 0 bridgehead atoms. The first-order valence-corrected chi connectivity index (χ1v) is 5.90. The summed E-state index contributed by atoms with van der Waals surface area (Å²) in [4.78, 5) is 15.9. The number of anilines is 1. The van der Waals surface area contributed by atoms with Crippen LogP contribution in [0.4, 0.5) is 14.9 Å². The lowest BCUT2D eigenvalue weighted by Crippen LogP contribution is -2.31. The highest BCUT2D eigenvalue weighted by Crippen LogP contribution is 2.13. The van der Waals surface area contributed by atoms with Gasteiger partial charge in [0.05, 0.1) is 17.4 Å². The third kappa shape index (κ3) is 3.51. The number of amides is 2. The minimum atomic E-state index is -0.469. The lowest BCUT2D eigenvalue weighted by molar-refractivity contribution is 0.249. The van der Waals surface area contributed by atoms with Crippen LogP contribution in [-0.4, -0.2) is 11.0 Å². The number of aromatic nitrogens is 1. The van der Waals surface area contributed by atoms with Gasteiger partial charge in [-0.25, -0.2) is 9.18 Å². The average Bonchev–Trinajstić information content (AvgIpc) is 2.42. The Morgan fingerprint density at radius 3 is 2.63 bits per heavy atom. The van der Waals surface area contributed by atoms with Crippen molar-refractivity contribution in [2.45, 2.75) is 13.0 Å². The van der Waals surface area contributed by atoms with E-state index in [0.717, 1.165) is 5.69 Å². The summed E-state index contributed by atoms with van der Waals surface area (Å²) in [6.07, 6.45) is 1.66. The smallest absolute Gasteiger partial charge is 0.319 e. The largest absolute Gasteiger partial charge is 0.330 e. The Hall–Kier alpha value is -2.43. The van der Waals surface area contributed by atoms with E-state index in [9.17, 15) is 9.18 Å². The number of rotatable bonds is 3. The van der Waals surface area contributed by atoms with E-state index in [2.05, 4.69) is 15.6 Å². The third-order valence-electron chi connectivity index (χ3n) is 2.60. The first kappa shape index (κ1) is 13.0. The number of hydrogen-bond donors (Lipinski definition) is 2. The van der Waals surface area contributed by atoms with Crippen LogP contribution in [0.1, 0.15) is 18.7 Å². The van der Waals surface area contributed by atoms with Gasteiger partial charge in [-0.2, -0.15) is 0 Å². The van der Waals surface area contributed by atoms with Crippen LogP contribution in [0, 0.1) is 5.82 Å². The van der Waals surface area contributed by atoms with Crippen molar-refractivity contribution in [2.75, 3.05) is 5.32 Å². The van der Waals surface area contributed by atoms with Crippen molar-refractivity contribution in [3.8, 4) is 0 Å². The fourth-order valence-electron chi connectivity index (χ4n) is 1.62. The van der Waals surface area contributed by atoms with E-state index in [1.807, 2.05) is 19.1 Å². The summed E-state index contributed by atoms with van der Waals surface area (Å²) in [7, 11) is 0. The number of nitrogens with zero attached hydrogens (tertiary/aromatic N) is 1. The molecule has 0 saturated heterocycles. The average molecular weight is 259 g/mol. The molecular weight excluding hydrogens is 245 g/mol. The molecule has 1 atom stereocenters. The fraction of sp³-hybridized carbons (Fsp3) is 0.143. The summed E-state index contributed by atoms with van der Waals surface area (Å²) in [6, 6.07) is 10.7. The topological polar surface area (TPSA) is 54.0 Å². The zero-order chi connectivity index (χ0) is 13.7. The third-order valence-corrected chi connectivity index (χ3v) is 2.60. The van der Waals surface area contributed by atoms with Crippen molar-refractivity contribution in [3.63, 3.8) is 0 Å². The summed E-state index contributed by atoms with van der Waals surface area (Å²) < 4.78 is 13.4. The van der Waals surface area contributed by atoms with Gasteiger partial charge in [-0.1, -0.05) is 18.2 Å². The van der Waals surface area contributed by atoms with E-state index in [4.69, 9.17) is 0 Å². The Morgan fingerprint density at radius 1 is 1.21 bits per heavy atom. The number of halogens is 1. The van der Waals surface area contributed by atoms with Crippen LogP contribution >= 0.6 is 0 Å². The first-order valence-electron chi connectivity index (χ1n) is 5.90. The molecule has 5 heteroatoms. The number of hydrogen-bond acceptors (Lipinski definition) is 2. The van der Waals surface area contributed by atoms with Gasteiger partial charge in [0.2, 0.25) is 0 Å². The van der Waals surface area contributed by atoms with Crippen LogP contribution in [0.25, 0.3) is 0 Å². The van der Waals surface area contributed by atoms with Crippen molar-refractivity contribution in [1.29, 1.82) is 0 Å². The van der Waals surface area contributed by atoms with Crippen LogP contribution in [0.2, 0.25) is 0 Å². The van der Waals surface area contributed by atoms with E-state index in [-0.39, 0.29) is 11.7 Å². The Labute approximate surface area is 110 Å². The van der Waals surface area contributed by atoms with Crippen molar-refractivity contribution >= 4 is 11.7 Å². The van der Waals surface area contributed by atoms with E-state index in [1.165, 1.54) is 12.1 Å². The van der Waals surface area contributed by atoms with Gasteiger partial charge in [0, 0.05) is 6.20 Å². The zero-order valence-electron chi connectivity index (χ0n) is 10.4. The van der Waals surface area contributed by atoms with E-state index >= 15 is 0 Å². The predicted octanol–water partition coefficient (Wildman–Crippen LogP) is 3.10. The van der Waals surface area contributed by atoms with Gasteiger partial charge in [-0.15, -0.1) is 0 Å². The minimum absolute atomic E-state index is 0.147. The maximum atomic E-state index is 13.4. The SMILES string of the molecule is C[C@@H](NC(=O)Nc1ccccc1F)c1ccccn1. The molecule has 0 fully saturated rings. The molecule has 2 N–H and O–H groups in total. The fourth-order valence-corrected chi connectivity index (χ4v) is 1.62. The Bertz CT molecular complexity index is 560. The number of pyridine rings is 1. The molecule has 1 aromatic heterocycles. The number of nitrogens with one attached hydrogen (secondary N) is 2. The molecule has 2 rings (SSSR count). The van der Waals surface area contributed by atoms with Crippen LogP contribution in [0.5, 0.6) is 0 Å². The summed E-state index contributed by atoms with van der Waals surface area (Å²) in [5, 5.41) is 5.15. The summed E-state index contributed by atoms with van der Waals surface area (Å²) in [6.45, 7) is 1.81. The molecule has 19 heavy (non-hydrogen) atoms. The number of para-hydroxylation sites is 1. The van der Waals surface area contributed by atoms with Crippen molar-refractivity contribution < 1.29 is 9.18 Å². The molecular formula is C14H14FN3O. The highest BCUT2D eigenvalue weighted by atomic mass is 19.1. The molecule has 0 saturated carbocycles. The number of urea groups is 1. The molecule has 2 aromatic rings. The van der Waals surface area contributed by atoms with E-state index in [0.29, 0.717) is 0 Å². The molecule has 0 spiro atoms. The Balaban J connectivity index is 1.97. The van der Waals surface area contributed by atoms with Crippen LogP contribution in [0.15, 0.2) is 48.7 Å². The van der Waals surface area contributed by atoms with Crippen LogP contribution in [0.3, 0.4) is 0 Å². The van der Waals surface area contributed by atoms with Crippen LogP contribution < -0.4 is 10.6 Å². The molecule has 1 heterocycles. The second-order valence-corrected chi connectivity index (χ2v) is 4.05. The van der Waals surface area contributed by atoms with E-state index in [1.54, 1.807) is 24.4 Å². The van der Waals surface area contributed by atoms with Gasteiger partial charge in [-0.05, 0) is 31.2 Å². The van der Waals surface area contributed by atoms with E-state index < -0.39 is 11.8 Å². The molecule has 2 amide bonds. The predicted molar refractivity (Wildman–Crippen MR) is 71.2 cm³/mol. The molecule has 0 aliphatic rings. The molecule has 0 unspecified atom stereocenters. The van der Waals surface area contributed by atoms with Gasteiger partial charge in [-0.3, -0.25) is 4.98 Å². The second kappa shape index (κ2) is 5.95. The number of carbonyl (C=O) groups excluding carboxylic acids is 1. The zero-order valence-corrected chi connectivity index (χ0v) is 10.4. The maximum Gasteiger partial charge on any atom is 0.319 e. The molecule has 0 aliphatic carbocycles.